The molecule has 2 aliphatic carbocycles. The van der Waals surface area contributed by atoms with E-state index in [-0.39, 0.29) is 5.60 Å². The van der Waals surface area contributed by atoms with Crippen LogP contribution in [-0.2, 0) is 6.54 Å². The molecule has 2 fully saturated rings. The first kappa shape index (κ1) is 16.4. The topological polar surface area (TPSA) is 15.7 Å². The van der Waals surface area contributed by atoms with Crippen molar-refractivity contribution >= 4 is 0 Å². The van der Waals surface area contributed by atoms with Crippen LogP contribution < -0.4 is 4.74 Å². The van der Waals surface area contributed by atoms with Crippen molar-refractivity contribution in [2.24, 2.45) is 0 Å². The Morgan fingerprint density at radius 3 is 2.46 bits per heavy atom. The fourth-order valence-electron chi connectivity index (χ4n) is 5.08. The largest absolute Gasteiger partial charge is 0.486 e. The fourth-order valence-corrected chi connectivity index (χ4v) is 5.08. The molecular formula is C21H32N2O. The van der Waals surface area contributed by atoms with Crippen LogP contribution in [0, 0.1) is 0 Å². The van der Waals surface area contributed by atoms with E-state index in [9.17, 15) is 0 Å². The third-order valence-electron chi connectivity index (χ3n) is 6.60. The summed E-state index contributed by atoms with van der Waals surface area (Å²) in [6.45, 7) is 2.19. The Morgan fingerprint density at radius 1 is 1.04 bits per heavy atom. The van der Waals surface area contributed by atoms with Crippen molar-refractivity contribution < 1.29 is 4.74 Å². The molecular weight excluding hydrogens is 296 g/mol. The first-order valence-electron chi connectivity index (χ1n) is 9.83. The number of ether oxygens (including phenoxy) is 1. The minimum Gasteiger partial charge on any atom is -0.486 e. The highest BCUT2D eigenvalue weighted by atomic mass is 16.5. The van der Waals surface area contributed by atoms with Gasteiger partial charge in [0.15, 0.2) is 0 Å². The summed E-state index contributed by atoms with van der Waals surface area (Å²) in [7, 11) is 4.44. The molecule has 3 nitrogen and oxygen atoms in total. The first-order chi connectivity index (χ1) is 11.7. The lowest BCUT2D eigenvalue weighted by Crippen LogP contribution is -2.52. The van der Waals surface area contributed by atoms with Gasteiger partial charge in [0.25, 0.3) is 0 Å². The molecule has 4 rings (SSSR count). The van der Waals surface area contributed by atoms with Gasteiger partial charge in [-0.05, 0) is 58.7 Å². The summed E-state index contributed by atoms with van der Waals surface area (Å²) in [5.74, 6) is 1.14. The molecule has 0 saturated heterocycles. The number of nitrogens with zero attached hydrogens (tertiary/aromatic N) is 2. The standard InChI is InChI=1S/C21H32N2O/c1-22(2)18-11-13-21(14-12-18)16-23(19-8-4-5-9-19)15-17-7-3-6-10-20(17)24-21/h3,6-7,10,18-19H,4-5,8-9,11-16H2,1-2H3. The summed E-state index contributed by atoms with van der Waals surface area (Å²) in [6.07, 6.45) is 10.4. The predicted octanol–water partition coefficient (Wildman–Crippen LogP) is 4.07. The smallest absolute Gasteiger partial charge is 0.124 e. The highest BCUT2D eigenvalue weighted by Crippen LogP contribution is 2.40. The average molecular weight is 328 g/mol. The van der Waals surface area contributed by atoms with Crippen LogP contribution in [-0.4, -0.2) is 48.1 Å². The Morgan fingerprint density at radius 2 is 1.75 bits per heavy atom. The zero-order valence-corrected chi connectivity index (χ0v) is 15.3. The molecule has 1 aliphatic heterocycles. The van der Waals surface area contributed by atoms with E-state index >= 15 is 0 Å². The molecule has 0 aromatic heterocycles. The van der Waals surface area contributed by atoms with Crippen molar-refractivity contribution in [1.82, 2.24) is 9.80 Å². The second kappa shape index (κ2) is 6.68. The lowest BCUT2D eigenvalue weighted by atomic mass is 9.81. The van der Waals surface area contributed by atoms with E-state index in [1.807, 2.05) is 0 Å². The van der Waals surface area contributed by atoms with E-state index < -0.39 is 0 Å². The van der Waals surface area contributed by atoms with Gasteiger partial charge in [0.05, 0.1) is 0 Å². The van der Waals surface area contributed by atoms with Crippen molar-refractivity contribution in [3.63, 3.8) is 0 Å². The summed E-state index contributed by atoms with van der Waals surface area (Å²) in [5, 5.41) is 0. The van der Waals surface area contributed by atoms with Crippen molar-refractivity contribution in [3.8, 4) is 5.75 Å². The minimum absolute atomic E-state index is 0.0295. The van der Waals surface area contributed by atoms with Crippen LogP contribution >= 0.6 is 0 Å². The van der Waals surface area contributed by atoms with Crippen molar-refractivity contribution in [2.45, 2.75) is 75.6 Å². The van der Waals surface area contributed by atoms with E-state index in [0.29, 0.717) is 0 Å². The van der Waals surface area contributed by atoms with E-state index in [4.69, 9.17) is 4.74 Å². The molecule has 0 amide bonds. The van der Waals surface area contributed by atoms with Gasteiger partial charge in [0, 0.05) is 30.7 Å². The molecule has 1 spiro atoms. The molecule has 0 radical (unpaired) electrons. The van der Waals surface area contributed by atoms with Gasteiger partial charge >= 0.3 is 0 Å². The molecule has 2 saturated carbocycles. The molecule has 3 heteroatoms. The van der Waals surface area contributed by atoms with Gasteiger partial charge in [0.2, 0.25) is 0 Å². The van der Waals surface area contributed by atoms with Crippen LogP contribution in [0.2, 0.25) is 0 Å². The van der Waals surface area contributed by atoms with Crippen LogP contribution in [0.5, 0.6) is 5.75 Å². The summed E-state index contributed by atoms with van der Waals surface area (Å²) in [4.78, 5) is 5.15. The molecule has 132 valence electrons. The Balaban J connectivity index is 1.59. The highest BCUT2D eigenvalue weighted by molar-refractivity contribution is 5.35. The Bertz CT molecular complexity index is 557. The Kier molecular flexibility index (Phi) is 4.57. The van der Waals surface area contributed by atoms with Crippen LogP contribution in [0.25, 0.3) is 0 Å². The quantitative estimate of drug-likeness (QED) is 0.814. The summed E-state index contributed by atoms with van der Waals surface area (Å²) >= 11 is 0. The molecule has 1 heterocycles. The highest BCUT2D eigenvalue weighted by Gasteiger charge is 2.43. The number of para-hydroxylation sites is 1. The van der Waals surface area contributed by atoms with E-state index in [1.165, 1.54) is 56.9 Å². The SMILES string of the molecule is CN(C)C1CCC2(CC1)CN(C1CCCC1)Cc1ccccc1O2. The number of rotatable bonds is 2. The third-order valence-corrected chi connectivity index (χ3v) is 6.60. The van der Waals surface area contributed by atoms with Crippen LogP contribution in [0.4, 0.5) is 0 Å². The maximum absolute atomic E-state index is 6.74. The van der Waals surface area contributed by atoms with Crippen LogP contribution in [0.15, 0.2) is 24.3 Å². The molecule has 1 aromatic rings. The average Bonchev–Trinajstić information content (AvgIpc) is 3.06. The number of benzene rings is 1. The van der Waals surface area contributed by atoms with E-state index in [2.05, 4.69) is 48.2 Å². The van der Waals surface area contributed by atoms with Crippen LogP contribution in [0.3, 0.4) is 0 Å². The minimum atomic E-state index is 0.0295. The van der Waals surface area contributed by atoms with E-state index in [1.54, 1.807) is 0 Å². The number of hydrogen-bond donors (Lipinski definition) is 0. The number of hydrogen-bond acceptors (Lipinski definition) is 3. The van der Waals surface area contributed by atoms with Gasteiger partial charge in [-0.1, -0.05) is 31.0 Å². The second-order valence-corrected chi connectivity index (χ2v) is 8.43. The third kappa shape index (κ3) is 3.21. The summed E-state index contributed by atoms with van der Waals surface area (Å²) < 4.78 is 6.74. The van der Waals surface area contributed by atoms with Gasteiger partial charge in [-0.25, -0.2) is 0 Å². The number of fused-ring (bicyclic) bond motifs is 1. The summed E-state index contributed by atoms with van der Waals surface area (Å²) in [5.41, 5.74) is 1.41. The van der Waals surface area contributed by atoms with Gasteiger partial charge < -0.3 is 9.64 Å². The maximum Gasteiger partial charge on any atom is 0.124 e. The molecule has 24 heavy (non-hydrogen) atoms. The zero-order valence-electron chi connectivity index (χ0n) is 15.3. The normalized spacial score (nSPS) is 31.9. The fraction of sp³-hybridized carbons (Fsp3) is 0.714. The molecule has 0 unspecified atom stereocenters. The van der Waals surface area contributed by atoms with Gasteiger partial charge in [-0.2, -0.15) is 0 Å². The van der Waals surface area contributed by atoms with Crippen molar-refractivity contribution in [2.75, 3.05) is 20.6 Å². The molecule has 0 N–H and O–H groups in total. The second-order valence-electron chi connectivity index (χ2n) is 8.43. The van der Waals surface area contributed by atoms with Gasteiger partial charge in [0.1, 0.15) is 11.4 Å². The Labute approximate surface area is 147 Å². The monoisotopic (exact) mass is 328 g/mol. The lowest BCUT2D eigenvalue weighted by molar-refractivity contribution is -0.0203. The van der Waals surface area contributed by atoms with E-state index in [0.717, 1.165) is 30.9 Å². The van der Waals surface area contributed by atoms with Gasteiger partial charge in [-0.15, -0.1) is 0 Å². The lowest BCUT2D eigenvalue weighted by Gasteiger charge is -2.44. The maximum atomic E-state index is 6.74. The van der Waals surface area contributed by atoms with Gasteiger partial charge in [-0.3, -0.25) is 4.90 Å². The predicted molar refractivity (Wildman–Crippen MR) is 98.4 cm³/mol. The first-order valence-corrected chi connectivity index (χ1v) is 9.83. The summed E-state index contributed by atoms with van der Waals surface area (Å²) in [6, 6.07) is 10.2. The van der Waals surface area contributed by atoms with Crippen LogP contribution in [0.1, 0.15) is 56.9 Å². The molecule has 0 bridgehead atoms. The molecule has 3 aliphatic rings. The molecule has 0 atom stereocenters. The Hall–Kier alpha value is -1.06. The molecule has 1 aromatic carbocycles. The van der Waals surface area contributed by atoms with Crippen molar-refractivity contribution in [3.05, 3.63) is 29.8 Å². The van der Waals surface area contributed by atoms with Crippen molar-refractivity contribution in [1.29, 1.82) is 0 Å². The zero-order chi connectivity index (χ0) is 16.6.